The zero-order chi connectivity index (χ0) is 14.7. The van der Waals surface area contributed by atoms with E-state index in [2.05, 4.69) is 15.9 Å². The maximum atomic E-state index is 13.8. The fourth-order valence-electron chi connectivity index (χ4n) is 1.79. The number of rotatable bonds is 3. The number of ether oxygens (including phenoxy) is 2. The first kappa shape index (κ1) is 14.5. The Bertz CT molecular complexity index is 641. The average molecular weight is 339 g/mol. The third-order valence-electron chi connectivity index (χ3n) is 2.79. The SMILES string of the molecule is COc1c(Br)cc(F)c(C)c1C(=O)Oc1ccccc1. The molecule has 0 radical (unpaired) electrons. The van der Waals surface area contributed by atoms with Crippen LogP contribution in [0.2, 0.25) is 0 Å². The molecule has 5 heteroatoms. The molecule has 0 fully saturated rings. The van der Waals surface area contributed by atoms with E-state index in [4.69, 9.17) is 9.47 Å². The van der Waals surface area contributed by atoms with Crippen LogP contribution in [0.5, 0.6) is 11.5 Å². The van der Waals surface area contributed by atoms with Gasteiger partial charge < -0.3 is 9.47 Å². The summed E-state index contributed by atoms with van der Waals surface area (Å²) in [6.07, 6.45) is 0. The molecule has 0 aromatic heterocycles. The van der Waals surface area contributed by atoms with Crippen molar-refractivity contribution in [1.29, 1.82) is 0 Å². The smallest absolute Gasteiger partial charge is 0.347 e. The molecule has 2 aromatic carbocycles. The average Bonchev–Trinajstić information content (AvgIpc) is 2.43. The van der Waals surface area contributed by atoms with Crippen molar-refractivity contribution in [3.63, 3.8) is 0 Å². The molecule has 0 unspecified atom stereocenters. The van der Waals surface area contributed by atoms with Gasteiger partial charge in [0.1, 0.15) is 22.9 Å². The molecule has 0 aliphatic heterocycles. The standard InChI is InChI=1S/C15H12BrFO3/c1-9-12(17)8-11(16)14(19-2)13(9)15(18)20-10-6-4-3-5-7-10/h3-8H,1-2H3. The predicted octanol–water partition coefficient (Wildman–Crippen LogP) is 4.12. The molecule has 0 atom stereocenters. The highest BCUT2D eigenvalue weighted by Crippen LogP contribution is 2.33. The van der Waals surface area contributed by atoms with Gasteiger partial charge in [-0.3, -0.25) is 0 Å². The minimum Gasteiger partial charge on any atom is -0.495 e. The Kier molecular flexibility index (Phi) is 4.39. The highest BCUT2D eigenvalue weighted by atomic mass is 79.9. The lowest BCUT2D eigenvalue weighted by Crippen LogP contribution is -2.13. The first-order valence-corrected chi connectivity index (χ1v) is 6.63. The lowest BCUT2D eigenvalue weighted by molar-refractivity contribution is 0.0729. The van der Waals surface area contributed by atoms with Gasteiger partial charge in [-0.25, -0.2) is 9.18 Å². The van der Waals surface area contributed by atoms with Crippen molar-refractivity contribution in [2.24, 2.45) is 0 Å². The molecule has 0 saturated carbocycles. The minimum absolute atomic E-state index is 0.0724. The Morgan fingerprint density at radius 1 is 1.25 bits per heavy atom. The predicted molar refractivity (Wildman–Crippen MR) is 76.8 cm³/mol. The van der Waals surface area contributed by atoms with Gasteiger partial charge >= 0.3 is 5.97 Å². The number of carbonyl (C=O) groups excluding carboxylic acids is 1. The van der Waals surface area contributed by atoms with Crippen molar-refractivity contribution < 1.29 is 18.7 Å². The van der Waals surface area contributed by atoms with Crippen molar-refractivity contribution in [2.75, 3.05) is 7.11 Å². The van der Waals surface area contributed by atoms with Crippen molar-refractivity contribution in [1.82, 2.24) is 0 Å². The molecule has 0 bridgehead atoms. The van der Waals surface area contributed by atoms with Crippen LogP contribution in [0, 0.1) is 12.7 Å². The van der Waals surface area contributed by atoms with Gasteiger partial charge in [0.15, 0.2) is 0 Å². The van der Waals surface area contributed by atoms with E-state index in [1.807, 2.05) is 6.07 Å². The molecule has 3 nitrogen and oxygen atoms in total. The number of carbonyl (C=O) groups is 1. The largest absolute Gasteiger partial charge is 0.495 e. The second kappa shape index (κ2) is 6.05. The number of hydrogen-bond acceptors (Lipinski definition) is 3. The van der Waals surface area contributed by atoms with Crippen LogP contribution >= 0.6 is 15.9 Å². The Morgan fingerprint density at radius 3 is 2.50 bits per heavy atom. The number of hydrogen-bond donors (Lipinski definition) is 0. The van der Waals surface area contributed by atoms with E-state index >= 15 is 0 Å². The van der Waals surface area contributed by atoms with Gasteiger partial charge in [-0.05, 0) is 41.1 Å². The number of halogens is 2. The Labute approximate surface area is 124 Å². The van der Waals surface area contributed by atoms with E-state index in [0.29, 0.717) is 10.2 Å². The molecule has 2 rings (SSSR count). The fraction of sp³-hybridized carbons (Fsp3) is 0.133. The molecule has 0 saturated heterocycles. The molecule has 0 N–H and O–H groups in total. The molecule has 0 spiro atoms. The first-order valence-electron chi connectivity index (χ1n) is 5.84. The summed E-state index contributed by atoms with van der Waals surface area (Å²) >= 11 is 3.17. The van der Waals surface area contributed by atoms with Gasteiger partial charge in [0.25, 0.3) is 0 Å². The summed E-state index contributed by atoms with van der Waals surface area (Å²) in [5.41, 5.74) is 0.259. The van der Waals surface area contributed by atoms with Crippen molar-refractivity contribution in [2.45, 2.75) is 6.92 Å². The highest BCUT2D eigenvalue weighted by molar-refractivity contribution is 9.10. The third kappa shape index (κ3) is 2.82. The Morgan fingerprint density at radius 2 is 1.90 bits per heavy atom. The van der Waals surface area contributed by atoms with Crippen LogP contribution in [-0.2, 0) is 0 Å². The summed E-state index contributed by atoms with van der Waals surface area (Å²) in [6.45, 7) is 1.51. The van der Waals surface area contributed by atoms with Gasteiger partial charge in [0.2, 0.25) is 0 Å². The van der Waals surface area contributed by atoms with Crippen LogP contribution in [-0.4, -0.2) is 13.1 Å². The van der Waals surface area contributed by atoms with Crippen molar-refractivity contribution >= 4 is 21.9 Å². The second-order valence-electron chi connectivity index (χ2n) is 4.08. The second-order valence-corrected chi connectivity index (χ2v) is 4.93. The lowest BCUT2D eigenvalue weighted by Gasteiger charge is -2.13. The first-order chi connectivity index (χ1) is 9.54. The van der Waals surface area contributed by atoms with E-state index in [9.17, 15) is 9.18 Å². The molecule has 0 aliphatic rings. The monoisotopic (exact) mass is 338 g/mol. The summed E-state index contributed by atoms with van der Waals surface area (Å²) < 4.78 is 24.5. The van der Waals surface area contributed by atoms with Crippen LogP contribution < -0.4 is 9.47 Å². The quantitative estimate of drug-likeness (QED) is 0.623. The van der Waals surface area contributed by atoms with Crippen molar-refractivity contribution in [3.05, 3.63) is 57.8 Å². The van der Waals surface area contributed by atoms with E-state index in [1.165, 1.54) is 20.1 Å². The maximum Gasteiger partial charge on any atom is 0.347 e. The van der Waals surface area contributed by atoms with Crippen LogP contribution in [0.3, 0.4) is 0 Å². The van der Waals surface area contributed by atoms with E-state index in [1.54, 1.807) is 24.3 Å². The number of benzene rings is 2. The van der Waals surface area contributed by atoms with Gasteiger partial charge in [0.05, 0.1) is 11.6 Å². The molecule has 0 heterocycles. The molecule has 2 aromatic rings. The summed E-state index contributed by atoms with van der Waals surface area (Å²) in [5, 5.41) is 0. The van der Waals surface area contributed by atoms with E-state index < -0.39 is 11.8 Å². The third-order valence-corrected chi connectivity index (χ3v) is 3.38. The van der Waals surface area contributed by atoms with Gasteiger partial charge in [-0.15, -0.1) is 0 Å². The maximum absolute atomic E-state index is 13.8. The number of para-hydroxylation sites is 1. The van der Waals surface area contributed by atoms with Crippen LogP contribution in [0.15, 0.2) is 40.9 Å². The number of esters is 1. The minimum atomic E-state index is -0.661. The zero-order valence-electron chi connectivity index (χ0n) is 10.9. The highest BCUT2D eigenvalue weighted by Gasteiger charge is 2.23. The van der Waals surface area contributed by atoms with Gasteiger partial charge in [0, 0.05) is 5.56 Å². The molecular weight excluding hydrogens is 327 g/mol. The Balaban J connectivity index is 2.44. The summed E-state index contributed by atoms with van der Waals surface area (Å²) in [6, 6.07) is 9.85. The molecule has 0 amide bonds. The summed E-state index contributed by atoms with van der Waals surface area (Å²) in [4.78, 5) is 12.2. The fourth-order valence-corrected chi connectivity index (χ4v) is 2.35. The van der Waals surface area contributed by atoms with Gasteiger partial charge in [-0.1, -0.05) is 18.2 Å². The topological polar surface area (TPSA) is 35.5 Å². The van der Waals surface area contributed by atoms with E-state index in [0.717, 1.165) is 0 Å². The van der Waals surface area contributed by atoms with Crippen molar-refractivity contribution in [3.8, 4) is 11.5 Å². The van der Waals surface area contributed by atoms with Gasteiger partial charge in [-0.2, -0.15) is 0 Å². The molecule has 0 aliphatic carbocycles. The summed E-state index contributed by atoms with van der Waals surface area (Å²) in [5.74, 6) is -0.521. The van der Waals surface area contributed by atoms with Crippen LogP contribution in [0.4, 0.5) is 4.39 Å². The Hall–Kier alpha value is -1.88. The molecular formula is C15H12BrFO3. The normalized spacial score (nSPS) is 10.2. The summed E-state index contributed by atoms with van der Waals surface area (Å²) in [7, 11) is 1.41. The van der Waals surface area contributed by atoms with Crippen LogP contribution in [0.1, 0.15) is 15.9 Å². The van der Waals surface area contributed by atoms with Crippen LogP contribution in [0.25, 0.3) is 0 Å². The molecule has 104 valence electrons. The lowest BCUT2D eigenvalue weighted by atomic mass is 10.1. The van der Waals surface area contributed by atoms with E-state index in [-0.39, 0.29) is 16.9 Å². The molecule has 20 heavy (non-hydrogen) atoms. The number of methoxy groups -OCH3 is 1. The zero-order valence-corrected chi connectivity index (χ0v) is 12.5.